The lowest BCUT2D eigenvalue weighted by molar-refractivity contribution is -0.146. The Morgan fingerprint density at radius 3 is 2.17 bits per heavy atom. The highest BCUT2D eigenvalue weighted by Crippen LogP contribution is 2.52. The van der Waals surface area contributed by atoms with Crippen molar-refractivity contribution < 1.29 is 14.3 Å². The third-order valence-electron chi connectivity index (χ3n) is 3.00. The molecule has 0 aromatic carbocycles. The van der Waals surface area contributed by atoms with E-state index < -0.39 is 5.60 Å². The third kappa shape index (κ3) is 0.959. The molecule has 1 fully saturated rings. The van der Waals surface area contributed by atoms with Gasteiger partial charge in [-0.15, -0.1) is 0 Å². The molecule has 0 aromatic heterocycles. The Balaban J connectivity index is 2.76. The van der Waals surface area contributed by atoms with Crippen LogP contribution in [-0.4, -0.2) is 24.3 Å². The third-order valence-corrected chi connectivity index (χ3v) is 3.00. The molecule has 0 saturated carbocycles. The summed E-state index contributed by atoms with van der Waals surface area (Å²) >= 11 is 0. The number of hydrogen-bond acceptors (Lipinski definition) is 3. The average Bonchev–Trinajstić information content (AvgIpc) is 2.56. The Morgan fingerprint density at radius 1 is 1.42 bits per heavy atom. The molecule has 1 rings (SSSR count). The van der Waals surface area contributed by atoms with Gasteiger partial charge >= 0.3 is 5.97 Å². The molecule has 3 nitrogen and oxygen atoms in total. The zero-order valence-corrected chi connectivity index (χ0v) is 8.30. The van der Waals surface area contributed by atoms with Gasteiger partial charge in [0.2, 0.25) is 0 Å². The molecule has 1 aliphatic heterocycles. The lowest BCUT2D eigenvalue weighted by Crippen LogP contribution is -2.33. The maximum absolute atomic E-state index is 11.3. The summed E-state index contributed by atoms with van der Waals surface area (Å²) in [6.07, 6.45) is 0. The number of carbonyl (C=O) groups is 1. The van der Waals surface area contributed by atoms with E-state index in [-0.39, 0.29) is 11.6 Å². The fourth-order valence-electron chi connectivity index (χ4n) is 1.51. The van der Waals surface area contributed by atoms with Gasteiger partial charge in [-0.1, -0.05) is 13.8 Å². The minimum atomic E-state index is -0.726. The van der Waals surface area contributed by atoms with Gasteiger partial charge < -0.3 is 9.47 Å². The maximum atomic E-state index is 11.3. The lowest BCUT2D eigenvalue weighted by Gasteiger charge is -2.13. The normalized spacial score (nSPS) is 39.8. The first-order valence-electron chi connectivity index (χ1n) is 4.17. The van der Waals surface area contributed by atoms with E-state index in [1.165, 1.54) is 7.11 Å². The monoisotopic (exact) mass is 172 g/mol. The molecule has 0 N–H and O–H groups in total. The Bertz CT molecular complexity index is 212. The van der Waals surface area contributed by atoms with E-state index in [2.05, 4.69) is 4.74 Å². The molecule has 1 heterocycles. The van der Waals surface area contributed by atoms with Crippen molar-refractivity contribution in [2.24, 2.45) is 5.92 Å². The van der Waals surface area contributed by atoms with Crippen LogP contribution in [0.25, 0.3) is 0 Å². The first-order valence-corrected chi connectivity index (χ1v) is 4.17. The van der Waals surface area contributed by atoms with Crippen LogP contribution in [0.5, 0.6) is 0 Å². The zero-order chi connectivity index (χ0) is 9.57. The molecule has 0 aromatic rings. The van der Waals surface area contributed by atoms with Gasteiger partial charge in [-0.2, -0.15) is 0 Å². The molecular weight excluding hydrogens is 156 g/mol. The fraction of sp³-hybridized carbons (Fsp3) is 0.889. The highest BCUT2D eigenvalue weighted by molar-refractivity contribution is 5.84. The number of carbonyl (C=O) groups excluding carboxylic acids is 1. The van der Waals surface area contributed by atoms with Crippen LogP contribution in [0.3, 0.4) is 0 Å². The first kappa shape index (κ1) is 9.52. The van der Waals surface area contributed by atoms with Gasteiger partial charge in [-0.3, -0.25) is 0 Å². The summed E-state index contributed by atoms with van der Waals surface area (Å²) in [6, 6.07) is 0. The fourth-order valence-corrected chi connectivity index (χ4v) is 1.51. The summed E-state index contributed by atoms with van der Waals surface area (Å²) in [5, 5.41) is 0. The smallest absolute Gasteiger partial charge is 0.340 e. The number of esters is 1. The average molecular weight is 172 g/mol. The van der Waals surface area contributed by atoms with Crippen molar-refractivity contribution in [1.29, 1.82) is 0 Å². The minimum Gasteiger partial charge on any atom is -0.467 e. The maximum Gasteiger partial charge on any atom is 0.340 e. The summed E-state index contributed by atoms with van der Waals surface area (Å²) < 4.78 is 10.1. The molecule has 2 atom stereocenters. The molecule has 12 heavy (non-hydrogen) atoms. The minimum absolute atomic E-state index is 0.279. The molecule has 2 unspecified atom stereocenters. The molecule has 0 amide bonds. The van der Waals surface area contributed by atoms with Crippen molar-refractivity contribution in [2.75, 3.05) is 7.11 Å². The standard InChI is InChI=1S/C9H16O3/c1-6(2)8(3)9(4,12-8)7(10)11-5/h6H,1-5H3. The summed E-state index contributed by atoms with van der Waals surface area (Å²) in [4.78, 5) is 11.3. The van der Waals surface area contributed by atoms with E-state index in [1.807, 2.05) is 20.8 Å². The second-order valence-corrected chi connectivity index (χ2v) is 3.89. The van der Waals surface area contributed by atoms with Crippen LogP contribution < -0.4 is 0 Å². The van der Waals surface area contributed by atoms with Gasteiger partial charge in [0.05, 0.1) is 7.11 Å². The Hall–Kier alpha value is -0.570. The molecule has 0 spiro atoms. The van der Waals surface area contributed by atoms with Crippen LogP contribution in [0, 0.1) is 5.92 Å². The SMILES string of the molecule is COC(=O)C1(C)OC1(C)C(C)C. The topological polar surface area (TPSA) is 38.8 Å². The van der Waals surface area contributed by atoms with Crippen molar-refractivity contribution in [1.82, 2.24) is 0 Å². The van der Waals surface area contributed by atoms with Crippen LogP contribution in [0.2, 0.25) is 0 Å². The van der Waals surface area contributed by atoms with E-state index >= 15 is 0 Å². The van der Waals surface area contributed by atoms with Crippen molar-refractivity contribution in [2.45, 2.75) is 38.9 Å². The molecule has 1 saturated heterocycles. The number of hydrogen-bond donors (Lipinski definition) is 0. The summed E-state index contributed by atoms with van der Waals surface area (Å²) in [5.41, 5.74) is -1.07. The van der Waals surface area contributed by atoms with Crippen molar-refractivity contribution in [3.63, 3.8) is 0 Å². The van der Waals surface area contributed by atoms with Gasteiger partial charge in [-0.05, 0) is 19.8 Å². The predicted octanol–water partition coefficient (Wildman–Crippen LogP) is 1.36. The first-order chi connectivity index (χ1) is 5.38. The van der Waals surface area contributed by atoms with Crippen molar-refractivity contribution in [3.05, 3.63) is 0 Å². The van der Waals surface area contributed by atoms with Gasteiger partial charge in [-0.25, -0.2) is 4.79 Å². The predicted molar refractivity (Wildman–Crippen MR) is 44.7 cm³/mol. The van der Waals surface area contributed by atoms with Gasteiger partial charge in [0, 0.05) is 0 Å². The molecule has 3 heteroatoms. The van der Waals surface area contributed by atoms with E-state index in [0.29, 0.717) is 5.92 Å². The van der Waals surface area contributed by atoms with Crippen LogP contribution in [0.15, 0.2) is 0 Å². The molecule has 70 valence electrons. The van der Waals surface area contributed by atoms with Gasteiger partial charge in [0.25, 0.3) is 0 Å². The number of rotatable bonds is 2. The summed E-state index contributed by atoms with van der Waals surface area (Å²) in [7, 11) is 1.38. The lowest BCUT2D eigenvalue weighted by atomic mass is 9.86. The van der Waals surface area contributed by atoms with Gasteiger partial charge in [0.15, 0.2) is 5.60 Å². The van der Waals surface area contributed by atoms with Crippen LogP contribution in [0.1, 0.15) is 27.7 Å². The molecular formula is C9H16O3. The van der Waals surface area contributed by atoms with E-state index in [0.717, 1.165) is 0 Å². The second-order valence-electron chi connectivity index (χ2n) is 3.89. The summed E-state index contributed by atoms with van der Waals surface area (Å²) in [5.74, 6) is 0.0419. The van der Waals surface area contributed by atoms with Crippen LogP contribution >= 0.6 is 0 Å². The van der Waals surface area contributed by atoms with Crippen molar-refractivity contribution in [3.8, 4) is 0 Å². The van der Waals surface area contributed by atoms with E-state index in [9.17, 15) is 4.79 Å². The van der Waals surface area contributed by atoms with Crippen molar-refractivity contribution >= 4 is 5.97 Å². The summed E-state index contributed by atoms with van der Waals surface area (Å²) in [6.45, 7) is 7.79. The van der Waals surface area contributed by atoms with Gasteiger partial charge in [0.1, 0.15) is 5.60 Å². The van der Waals surface area contributed by atoms with E-state index in [1.54, 1.807) is 6.92 Å². The zero-order valence-electron chi connectivity index (χ0n) is 8.30. The van der Waals surface area contributed by atoms with Crippen LogP contribution in [0.4, 0.5) is 0 Å². The largest absolute Gasteiger partial charge is 0.467 e. The molecule has 1 aliphatic rings. The number of methoxy groups -OCH3 is 1. The highest BCUT2D eigenvalue weighted by atomic mass is 16.7. The molecule has 0 bridgehead atoms. The Morgan fingerprint density at radius 2 is 1.92 bits per heavy atom. The number of epoxide rings is 1. The second kappa shape index (κ2) is 2.46. The Labute approximate surface area is 73.0 Å². The molecule has 0 aliphatic carbocycles. The molecule has 0 radical (unpaired) electrons. The quantitative estimate of drug-likeness (QED) is 0.466. The Kier molecular flexibility index (Phi) is 1.95. The highest BCUT2D eigenvalue weighted by Gasteiger charge is 2.70. The number of ether oxygens (including phenoxy) is 2. The van der Waals surface area contributed by atoms with E-state index in [4.69, 9.17) is 4.74 Å². The van der Waals surface area contributed by atoms with Crippen LogP contribution in [-0.2, 0) is 14.3 Å².